The van der Waals surface area contributed by atoms with Gasteiger partial charge in [0.25, 0.3) is 5.91 Å². The lowest BCUT2D eigenvalue weighted by Crippen LogP contribution is -2.41. The number of amides is 1. The van der Waals surface area contributed by atoms with Crippen molar-refractivity contribution in [3.63, 3.8) is 0 Å². The molecule has 1 amide bonds. The molecular weight excluding hydrogens is 400 g/mol. The fraction of sp³-hybridized carbons (Fsp3) is 0.278. The highest BCUT2D eigenvalue weighted by atomic mass is 35.5. The van der Waals surface area contributed by atoms with E-state index in [-0.39, 0.29) is 5.91 Å². The van der Waals surface area contributed by atoms with Crippen LogP contribution >= 0.6 is 23.4 Å². The molecule has 0 radical (unpaired) electrons. The average molecular weight is 417 g/mol. The Morgan fingerprint density at radius 2 is 1.86 bits per heavy atom. The molecule has 0 bridgehead atoms. The minimum absolute atomic E-state index is 0.145. The van der Waals surface area contributed by atoms with Gasteiger partial charge in [-0.15, -0.1) is 5.10 Å². The Labute approximate surface area is 170 Å². The lowest BCUT2D eigenvalue weighted by molar-refractivity contribution is 0.0298. The van der Waals surface area contributed by atoms with Gasteiger partial charge in [-0.2, -0.15) is 0 Å². The highest BCUT2D eigenvalue weighted by molar-refractivity contribution is 7.98. The standard InChI is InChI=1S/C18H17ClN6O2S/c19-13-2-4-14(5-3-13)25-15(12-28-18-20-6-1-7-21-18)16(22-23-25)17(26)24-8-10-27-11-9-24/h1-7H,8-12H2. The number of hydrogen-bond donors (Lipinski definition) is 0. The van der Waals surface area contributed by atoms with Gasteiger partial charge in [-0.25, -0.2) is 14.6 Å². The normalized spacial score (nSPS) is 14.2. The molecule has 8 nitrogen and oxygen atoms in total. The summed E-state index contributed by atoms with van der Waals surface area (Å²) in [5.41, 5.74) is 1.80. The molecule has 0 spiro atoms. The second-order valence-electron chi connectivity index (χ2n) is 6.00. The largest absolute Gasteiger partial charge is 0.378 e. The molecule has 144 valence electrons. The van der Waals surface area contributed by atoms with Crippen LogP contribution in [0.4, 0.5) is 0 Å². The smallest absolute Gasteiger partial charge is 0.276 e. The van der Waals surface area contributed by atoms with Crippen LogP contribution in [0.15, 0.2) is 47.9 Å². The molecule has 0 aliphatic carbocycles. The summed E-state index contributed by atoms with van der Waals surface area (Å²) in [4.78, 5) is 23.2. The first-order valence-corrected chi connectivity index (χ1v) is 10.1. The van der Waals surface area contributed by atoms with E-state index in [2.05, 4.69) is 20.3 Å². The molecule has 0 atom stereocenters. The van der Waals surface area contributed by atoms with Crippen molar-refractivity contribution < 1.29 is 9.53 Å². The topological polar surface area (TPSA) is 86.0 Å². The number of thioether (sulfide) groups is 1. The van der Waals surface area contributed by atoms with Crippen molar-refractivity contribution >= 4 is 29.3 Å². The van der Waals surface area contributed by atoms with Crippen molar-refractivity contribution in [2.75, 3.05) is 26.3 Å². The summed E-state index contributed by atoms with van der Waals surface area (Å²) in [6.07, 6.45) is 3.37. The third-order valence-corrected chi connectivity index (χ3v) is 5.35. The molecule has 1 saturated heterocycles. The molecule has 2 aromatic heterocycles. The van der Waals surface area contributed by atoms with E-state index in [1.54, 1.807) is 40.2 Å². The van der Waals surface area contributed by atoms with Gasteiger partial charge in [0.1, 0.15) is 0 Å². The number of carbonyl (C=O) groups excluding carboxylic acids is 1. The van der Waals surface area contributed by atoms with Crippen LogP contribution in [0.1, 0.15) is 16.2 Å². The summed E-state index contributed by atoms with van der Waals surface area (Å²) in [6, 6.07) is 9.00. The monoisotopic (exact) mass is 416 g/mol. The van der Waals surface area contributed by atoms with Crippen LogP contribution in [-0.2, 0) is 10.5 Å². The van der Waals surface area contributed by atoms with Gasteiger partial charge >= 0.3 is 0 Å². The number of halogens is 1. The van der Waals surface area contributed by atoms with Crippen LogP contribution in [0.2, 0.25) is 5.02 Å². The summed E-state index contributed by atoms with van der Waals surface area (Å²) >= 11 is 7.42. The van der Waals surface area contributed by atoms with Crippen molar-refractivity contribution in [3.8, 4) is 5.69 Å². The molecule has 4 rings (SSSR count). The summed E-state index contributed by atoms with van der Waals surface area (Å²) in [5.74, 6) is 0.304. The Hall–Kier alpha value is -2.49. The van der Waals surface area contributed by atoms with Gasteiger partial charge < -0.3 is 9.64 Å². The van der Waals surface area contributed by atoms with Crippen LogP contribution in [0.5, 0.6) is 0 Å². The third-order valence-electron chi connectivity index (χ3n) is 4.22. The first kappa shape index (κ1) is 18.9. The Bertz CT molecular complexity index is 944. The summed E-state index contributed by atoms with van der Waals surface area (Å²) in [7, 11) is 0. The zero-order chi connectivity index (χ0) is 19.3. The second-order valence-corrected chi connectivity index (χ2v) is 7.38. The molecule has 0 unspecified atom stereocenters. The van der Waals surface area contributed by atoms with Crippen molar-refractivity contribution in [3.05, 3.63) is 59.1 Å². The van der Waals surface area contributed by atoms with E-state index < -0.39 is 0 Å². The average Bonchev–Trinajstić information content (AvgIpc) is 3.17. The molecule has 1 aliphatic rings. The lowest BCUT2D eigenvalue weighted by Gasteiger charge is -2.26. The summed E-state index contributed by atoms with van der Waals surface area (Å²) in [6.45, 7) is 2.14. The lowest BCUT2D eigenvalue weighted by atomic mass is 10.2. The molecule has 1 fully saturated rings. The van der Waals surface area contributed by atoms with Crippen LogP contribution in [0.25, 0.3) is 5.69 Å². The highest BCUT2D eigenvalue weighted by Gasteiger charge is 2.26. The van der Waals surface area contributed by atoms with E-state index >= 15 is 0 Å². The van der Waals surface area contributed by atoms with E-state index in [1.807, 2.05) is 12.1 Å². The van der Waals surface area contributed by atoms with Crippen LogP contribution in [-0.4, -0.2) is 62.1 Å². The Morgan fingerprint density at radius 1 is 1.14 bits per heavy atom. The Balaban J connectivity index is 1.66. The maximum absolute atomic E-state index is 13.0. The predicted molar refractivity (Wildman–Crippen MR) is 105 cm³/mol. The molecule has 3 heterocycles. The van der Waals surface area contributed by atoms with Crippen molar-refractivity contribution in [2.24, 2.45) is 0 Å². The molecule has 0 saturated carbocycles. The first-order chi connectivity index (χ1) is 13.7. The zero-order valence-corrected chi connectivity index (χ0v) is 16.4. The van der Waals surface area contributed by atoms with Gasteiger partial charge in [0, 0.05) is 36.3 Å². The number of carbonyl (C=O) groups is 1. The third kappa shape index (κ3) is 4.16. The van der Waals surface area contributed by atoms with Gasteiger partial charge in [0.2, 0.25) is 0 Å². The molecular formula is C18H17ClN6O2S. The molecule has 10 heteroatoms. The van der Waals surface area contributed by atoms with E-state index in [4.69, 9.17) is 16.3 Å². The van der Waals surface area contributed by atoms with Gasteiger partial charge in [0.05, 0.1) is 24.6 Å². The highest BCUT2D eigenvalue weighted by Crippen LogP contribution is 2.24. The SMILES string of the molecule is O=C(c1nnn(-c2ccc(Cl)cc2)c1CSc1ncccn1)N1CCOCC1. The van der Waals surface area contributed by atoms with Crippen molar-refractivity contribution in [1.82, 2.24) is 29.9 Å². The van der Waals surface area contributed by atoms with Gasteiger partial charge in [-0.3, -0.25) is 4.79 Å². The van der Waals surface area contributed by atoms with E-state index in [0.29, 0.717) is 53.6 Å². The molecule has 1 aliphatic heterocycles. The number of morpholine rings is 1. The fourth-order valence-electron chi connectivity index (χ4n) is 2.80. The minimum Gasteiger partial charge on any atom is -0.378 e. The number of rotatable bonds is 5. The van der Waals surface area contributed by atoms with Crippen LogP contribution in [0.3, 0.4) is 0 Å². The number of aromatic nitrogens is 5. The Kier molecular flexibility index (Phi) is 5.84. The van der Waals surface area contributed by atoms with E-state index in [1.165, 1.54) is 11.8 Å². The number of ether oxygens (including phenoxy) is 1. The maximum atomic E-state index is 13.0. The quantitative estimate of drug-likeness (QED) is 0.466. The van der Waals surface area contributed by atoms with Crippen LogP contribution in [0, 0.1) is 0 Å². The van der Waals surface area contributed by atoms with E-state index in [9.17, 15) is 4.79 Å². The maximum Gasteiger partial charge on any atom is 0.276 e. The van der Waals surface area contributed by atoms with Crippen LogP contribution < -0.4 is 0 Å². The molecule has 28 heavy (non-hydrogen) atoms. The van der Waals surface area contributed by atoms with Crippen molar-refractivity contribution in [2.45, 2.75) is 10.9 Å². The molecule has 0 N–H and O–H groups in total. The predicted octanol–water partition coefficient (Wildman–Crippen LogP) is 2.48. The minimum atomic E-state index is -0.145. The molecule has 3 aromatic rings. The van der Waals surface area contributed by atoms with E-state index in [0.717, 1.165) is 5.69 Å². The van der Waals surface area contributed by atoms with Gasteiger partial charge in [-0.1, -0.05) is 28.6 Å². The summed E-state index contributed by atoms with van der Waals surface area (Å²) in [5, 5.41) is 9.68. The Morgan fingerprint density at radius 3 is 2.57 bits per heavy atom. The van der Waals surface area contributed by atoms with Gasteiger partial charge in [0.15, 0.2) is 10.9 Å². The number of benzene rings is 1. The van der Waals surface area contributed by atoms with Gasteiger partial charge in [-0.05, 0) is 30.3 Å². The summed E-state index contributed by atoms with van der Waals surface area (Å²) < 4.78 is 7.01. The molecule has 1 aromatic carbocycles. The van der Waals surface area contributed by atoms with Crippen molar-refractivity contribution in [1.29, 1.82) is 0 Å². The fourth-order valence-corrected chi connectivity index (χ4v) is 3.72. The second kappa shape index (κ2) is 8.68. The zero-order valence-electron chi connectivity index (χ0n) is 14.9. The number of hydrogen-bond acceptors (Lipinski definition) is 7. The first-order valence-electron chi connectivity index (χ1n) is 8.70. The number of nitrogens with zero attached hydrogens (tertiary/aromatic N) is 6.